The quantitative estimate of drug-likeness (QED) is 0.884. The van der Waals surface area contributed by atoms with Gasteiger partial charge in [0.1, 0.15) is 0 Å². The molecule has 1 aliphatic rings. The van der Waals surface area contributed by atoms with E-state index in [4.69, 9.17) is 0 Å². The zero-order chi connectivity index (χ0) is 17.9. The van der Waals surface area contributed by atoms with Crippen molar-refractivity contribution in [3.63, 3.8) is 0 Å². The summed E-state index contributed by atoms with van der Waals surface area (Å²) in [6.07, 6.45) is -0.904. The first kappa shape index (κ1) is 17.4. The van der Waals surface area contributed by atoms with Gasteiger partial charge in [0.15, 0.2) is 5.69 Å². The molecular formula is C16H18F3N5O. The molecule has 6 nitrogen and oxygen atoms in total. The molecule has 0 bridgehead atoms. The number of hydrogen-bond donors (Lipinski definition) is 2. The Balaban J connectivity index is 1.56. The van der Waals surface area contributed by atoms with Gasteiger partial charge in [-0.15, -0.1) is 5.10 Å². The second kappa shape index (κ2) is 7.22. The second-order valence-corrected chi connectivity index (χ2v) is 5.94. The summed E-state index contributed by atoms with van der Waals surface area (Å²) in [5.41, 5.74) is 0.0602. The van der Waals surface area contributed by atoms with Gasteiger partial charge < -0.3 is 10.6 Å². The maximum atomic E-state index is 12.5. The molecule has 1 amide bonds. The minimum atomic E-state index is -4.37. The molecule has 2 heterocycles. The van der Waals surface area contributed by atoms with Crippen molar-refractivity contribution in [3.8, 4) is 0 Å². The van der Waals surface area contributed by atoms with Gasteiger partial charge in [-0.1, -0.05) is 17.3 Å². The Morgan fingerprint density at radius 2 is 1.92 bits per heavy atom. The van der Waals surface area contributed by atoms with Crippen molar-refractivity contribution in [1.29, 1.82) is 0 Å². The molecule has 0 atom stereocenters. The van der Waals surface area contributed by atoms with E-state index in [0.717, 1.165) is 38.1 Å². The lowest BCUT2D eigenvalue weighted by atomic mass is 10.1. The summed E-state index contributed by atoms with van der Waals surface area (Å²) in [6.45, 7) is 1.93. The van der Waals surface area contributed by atoms with Crippen LogP contribution in [0.2, 0.25) is 0 Å². The summed E-state index contributed by atoms with van der Waals surface area (Å²) in [5, 5.41) is 13.8. The summed E-state index contributed by atoms with van der Waals surface area (Å²) in [6, 6.07) is 4.90. The maximum absolute atomic E-state index is 12.5. The van der Waals surface area contributed by atoms with Crippen LogP contribution in [-0.2, 0) is 12.7 Å². The van der Waals surface area contributed by atoms with E-state index in [1.54, 1.807) is 10.9 Å². The normalized spacial score (nSPS) is 16.0. The standard InChI is InChI=1S/C16H18F3N5O/c17-16(18,19)12-3-1-11(2-4-12)9-21-15(25)14-10-24(23-22-14)13-5-7-20-8-6-13/h1-4,10,13,20H,5-9H2,(H,21,25). The van der Waals surface area contributed by atoms with Crippen LogP contribution in [0.4, 0.5) is 13.2 Å². The second-order valence-electron chi connectivity index (χ2n) is 5.94. The van der Waals surface area contributed by atoms with Gasteiger partial charge in [0.2, 0.25) is 0 Å². The topological polar surface area (TPSA) is 71.8 Å². The Labute approximate surface area is 142 Å². The van der Waals surface area contributed by atoms with Crippen LogP contribution < -0.4 is 10.6 Å². The maximum Gasteiger partial charge on any atom is 0.416 e. The first-order valence-electron chi connectivity index (χ1n) is 8.00. The number of carbonyl (C=O) groups excluding carboxylic acids is 1. The van der Waals surface area contributed by atoms with E-state index in [1.165, 1.54) is 12.1 Å². The molecule has 1 aliphatic heterocycles. The van der Waals surface area contributed by atoms with Crippen LogP contribution in [0.1, 0.15) is 40.5 Å². The van der Waals surface area contributed by atoms with Crippen molar-refractivity contribution in [2.24, 2.45) is 0 Å². The van der Waals surface area contributed by atoms with E-state index in [-0.39, 0.29) is 18.3 Å². The van der Waals surface area contributed by atoms with E-state index >= 15 is 0 Å². The molecule has 2 aromatic rings. The van der Waals surface area contributed by atoms with Gasteiger partial charge >= 0.3 is 6.18 Å². The van der Waals surface area contributed by atoms with E-state index in [0.29, 0.717) is 5.56 Å². The number of alkyl halides is 3. The highest BCUT2D eigenvalue weighted by Gasteiger charge is 2.29. The first-order chi connectivity index (χ1) is 11.9. The number of benzene rings is 1. The summed E-state index contributed by atoms with van der Waals surface area (Å²) in [5.74, 6) is -0.403. The first-order valence-corrected chi connectivity index (χ1v) is 8.00. The summed E-state index contributed by atoms with van der Waals surface area (Å²) in [7, 11) is 0. The van der Waals surface area contributed by atoms with Crippen LogP contribution in [0.3, 0.4) is 0 Å². The van der Waals surface area contributed by atoms with Crippen LogP contribution in [0.15, 0.2) is 30.5 Å². The molecular weight excluding hydrogens is 335 g/mol. The fraction of sp³-hybridized carbons (Fsp3) is 0.438. The number of halogens is 3. The summed E-state index contributed by atoms with van der Waals surface area (Å²) in [4.78, 5) is 12.1. The molecule has 0 unspecified atom stereocenters. The van der Waals surface area contributed by atoms with E-state index in [1.807, 2.05) is 0 Å². The van der Waals surface area contributed by atoms with Crippen LogP contribution in [-0.4, -0.2) is 34.0 Å². The third kappa shape index (κ3) is 4.36. The van der Waals surface area contributed by atoms with Crippen molar-refractivity contribution < 1.29 is 18.0 Å². The molecule has 1 aromatic carbocycles. The molecule has 9 heteroatoms. The van der Waals surface area contributed by atoms with Crippen LogP contribution in [0, 0.1) is 0 Å². The fourth-order valence-electron chi connectivity index (χ4n) is 2.71. The van der Waals surface area contributed by atoms with Crippen molar-refractivity contribution in [2.75, 3.05) is 13.1 Å². The fourth-order valence-corrected chi connectivity index (χ4v) is 2.71. The number of nitrogens with one attached hydrogen (secondary N) is 2. The highest BCUT2D eigenvalue weighted by molar-refractivity contribution is 5.91. The molecule has 134 valence electrons. The number of amides is 1. The summed E-state index contributed by atoms with van der Waals surface area (Å²) < 4.78 is 39.3. The van der Waals surface area contributed by atoms with Gasteiger partial charge in [-0.05, 0) is 43.6 Å². The Hall–Kier alpha value is -2.42. The third-order valence-electron chi connectivity index (χ3n) is 4.16. The zero-order valence-electron chi connectivity index (χ0n) is 13.4. The highest BCUT2D eigenvalue weighted by Crippen LogP contribution is 2.29. The smallest absolute Gasteiger partial charge is 0.347 e. The van der Waals surface area contributed by atoms with Crippen LogP contribution >= 0.6 is 0 Å². The van der Waals surface area contributed by atoms with Gasteiger partial charge in [-0.2, -0.15) is 13.2 Å². The average molecular weight is 353 g/mol. The van der Waals surface area contributed by atoms with Gasteiger partial charge in [0.05, 0.1) is 17.8 Å². The van der Waals surface area contributed by atoms with E-state index < -0.39 is 17.6 Å². The lowest BCUT2D eigenvalue weighted by Crippen LogP contribution is -2.29. The largest absolute Gasteiger partial charge is 0.416 e. The Kier molecular flexibility index (Phi) is 5.03. The van der Waals surface area contributed by atoms with Crippen molar-refractivity contribution in [1.82, 2.24) is 25.6 Å². The van der Waals surface area contributed by atoms with Crippen LogP contribution in [0.5, 0.6) is 0 Å². The summed E-state index contributed by atoms with van der Waals surface area (Å²) >= 11 is 0. The average Bonchev–Trinajstić information content (AvgIpc) is 3.10. The van der Waals surface area contributed by atoms with Gasteiger partial charge in [-0.25, -0.2) is 4.68 Å². The third-order valence-corrected chi connectivity index (χ3v) is 4.16. The number of nitrogens with zero attached hydrogens (tertiary/aromatic N) is 3. The number of aromatic nitrogens is 3. The molecule has 0 spiro atoms. The molecule has 1 aromatic heterocycles. The van der Waals surface area contributed by atoms with Crippen molar-refractivity contribution in [3.05, 3.63) is 47.3 Å². The highest BCUT2D eigenvalue weighted by atomic mass is 19.4. The molecule has 3 rings (SSSR count). The number of carbonyl (C=O) groups is 1. The zero-order valence-corrected chi connectivity index (χ0v) is 13.4. The molecule has 25 heavy (non-hydrogen) atoms. The Morgan fingerprint density at radius 3 is 2.56 bits per heavy atom. The molecule has 1 saturated heterocycles. The number of rotatable bonds is 4. The molecule has 2 N–H and O–H groups in total. The van der Waals surface area contributed by atoms with Crippen molar-refractivity contribution >= 4 is 5.91 Å². The lowest BCUT2D eigenvalue weighted by molar-refractivity contribution is -0.137. The molecule has 0 saturated carbocycles. The Morgan fingerprint density at radius 1 is 1.24 bits per heavy atom. The predicted octanol–water partition coefficient (Wildman–Crippen LogP) is 2.15. The van der Waals surface area contributed by atoms with E-state index in [2.05, 4.69) is 20.9 Å². The van der Waals surface area contributed by atoms with Gasteiger partial charge in [0, 0.05) is 6.54 Å². The molecule has 1 fully saturated rings. The lowest BCUT2D eigenvalue weighted by Gasteiger charge is -2.22. The predicted molar refractivity (Wildman–Crippen MR) is 83.8 cm³/mol. The monoisotopic (exact) mass is 353 g/mol. The van der Waals surface area contributed by atoms with Crippen LogP contribution in [0.25, 0.3) is 0 Å². The van der Waals surface area contributed by atoms with Gasteiger partial charge in [-0.3, -0.25) is 4.79 Å². The Bertz CT molecular complexity index is 720. The minimum absolute atomic E-state index is 0.122. The molecule has 0 radical (unpaired) electrons. The van der Waals surface area contributed by atoms with Crippen molar-refractivity contribution in [2.45, 2.75) is 31.6 Å². The molecule has 0 aliphatic carbocycles. The number of hydrogen-bond acceptors (Lipinski definition) is 4. The SMILES string of the molecule is O=C(NCc1ccc(C(F)(F)F)cc1)c1cn(C2CCNCC2)nn1. The van der Waals surface area contributed by atoms with Gasteiger partial charge in [0.25, 0.3) is 5.91 Å². The minimum Gasteiger partial charge on any atom is -0.347 e. The van der Waals surface area contributed by atoms with E-state index in [9.17, 15) is 18.0 Å². The number of piperidine rings is 1.